The number of hydrogen-bond acceptors (Lipinski definition) is 14. The lowest BCUT2D eigenvalue weighted by Crippen LogP contribution is -2.11. The molecular weight excluding hydrogens is 460 g/mol. The average Bonchev–Trinajstić information content (AvgIpc) is 2.83. The number of nitrogen functional groups attached to an aromatic ring is 14. The topological polar surface area (TPSA) is 364 Å². The monoisotopic (exact) mass is 488 g/mol. The average molecular weight is 489 g/mol. The second-order valence-electron chi connectivity index (χ2n) is 8.79. The van der Waals surface area contributed by atoms with E-state index < -0.39 is 0 Å². The van der Waals surface area contributed by atoms with Crippen LogP contribution in [0.15, 0.2) is 0 Å². The second kappa shape index (κ2) is 6.47. The molecule has 0 bridgehead atoms. The molecule has 0 atom stereocenters. The molecule has 0 aromatic heterocycles. The van der Waals surface area contributed by atoms with Crippen LogP contribution < -0.4 is 80.3 Å². The highest BCUT2D eigenvalue weighted by Gasteiger charge is 2.28. The zero-order valence-corrected chi connectivity index (χ0v) is 19.1. The van der Waals surface area contributed by atoms with Crippen LogP contribution in [0.25, 0.3) is 43.1 Å². The van der Waals surface area contributed by atoms with Gasteiger partial charge in [-0.05, 0) is 0 Å². The molecule has 36 heavy (non-hydrogen) atoms. The number of rotatable bonds is 0. The van der Waals surface area contributed by atoms with Crippen LogP contribution in [0.5, 0.6) is 0 Å². The van der Waals surface area contributed by atoms with E-state index in [1.807, 2.05) is 0 Å². The number of benzene rings is 5. The molecule has 5 rings (SSSR count). The fourth-order valence-electron chi connectivity index (χ4n) is 5.18. The molecule has 0 aliphatic heterocycles. The van der Waals surface area contributed by atoms with Gasteiger partial charge < -0.3 is 80.3 Å². The van der Waals surface area contributed by atoms with Crippen LogP contribution in [0.4, 0.5) is 79.6 Å². The molecule has 14 heteroatoms. The number of fused-ring (bicyclic) bond motifs is 4. The normalized spacial score (nSPS) is 11.8. The van der Waals surface area contributed by atoms with Gasteiger partial charge in [0.25, 0.3) is 0 Å². The molecule has 0 saturated heterocycles. The van der Waals surface area contributed by atoms with Crippen LogP contribution >= 0.6 is 0 Å². The summed E-state index contributed by atoms with van der Waals surface area (Å²) < 4.78 is 0. The zero-order chi connectivity index (χ0) is 26.7. The molecule has 0 aliphatic carbocycles. The van der Waals surface area contributed by atoms with Crippen molar-refractivity contribution < 1.29 is 0 Å². The van der Waals surface area contributed by atoms with Gasteiger partial charge in [-0.25, -0.2) is 0 Å². The van der Waals surface area contributed by atoms with Crippen molar-refractivity contribution in [3.05, 3.63) is 0 Å². The van der Waals surface area contributed by atoms with E-state index in [1.54, 1.807) is 0 Å². The summed E-state index contributed by atoms with van der Waals surface area (Å²) in [5.41, 5.74) is 90.4. The minimum absolute atomic E-state index is 0.0591. The predicted molar refractivity (Wildman–Crippen MR) is 158 cm³/mol. The van der Waals surface area contributed by atoms with Gasteiger partial charge in [0.2, 0.25) is 0 Å². The third kappa shape index (κ3) is 2.19. The van der Waals surface area contributed by atoms with E-state index in [1.165, 1.54) is 0 Å². The summed E-state index contributed by atoms with van der Waals surface area (Å²) in [7, 11) is 0. The van der Waals surface area contributed by atoms with Crippen LogP contribution in [0.1, 0.15) is 0 Å². The van der Waals surface area contributed by atoms with E-state index in [2.05, 4.69) is 0 Å². The van der Waals surface area contributed by atoms with E-state index in [4.69, 9.17) is 80.3 Å². The summed E-state index contributed by atoms with van der Waals surface area (Å²) in [5, 5.41) is 2.23. The predicted octanol–water partition coefficient (Wildman–Crippen LogP) is 0.450. The largest absolute Gasteiger partial charge is 0.398 e. The Hall–Kier alpha value is -5.66. The summed E-state index contributed by atoms with van der Waals surface area (Å²) in [4.78, 5) is 0. The lowest BCUT2D eigenvalue weighted by molar-refractivity contribution is 1.67. The lowest BCUT2D eigenvalue weighted by Gasteiger charge is -2.24. The van der Waals surface area contributed by atoms with Crippen molar-refractivity contribution in [2.45, 2.75) is 0 Å². The van der Waals surface area contributed by atoms with Crippen molar-refractivity contribution in [2.75, 3.05) is 80.3 Å². The second-order valence-corrected chi connectivity index (χ2v) is 8.79. The van der Waals surface area contributed by atoms with Gasteiger partial charge in [-0.1, -0.05) is 0 Å². The SMILES string of the molecule is Nc1c(N)c(N)c2c(N)c3c(N)c4c(N)c5c(N)c(N)c(N)c(N)c5c(N)c4c(N)c3c(N)c2c1N. The van der Waals surface area contributed by atoms with Crippen LogP contribution in [0.3, 0.4) is 0 Å². The molecule has 0 unspecified atom stereocenters. The van der Waals surface area contributed by atoms with Gasteiger partial charge in [0, 0.05) is 43.1 Å². The van der Waals surface area contributed by atoms with Crippen LogP contribution in [0.2, 0.25) is 0 Å². The number of anilines is 14. The maximum absolute atomic E-state index is 6.67. The summed E-state index contributed by atoms with van der Waals surface area (Å²) >= 11 is 0. The van der Waals surface area contributed by atoms with Crippen molar-refractivity contribution in [3.63, 3.8) is 0 Å². The molecule has 0 fully saturated rings. The molecule has 0 saturated carbocycles. The number of nitrogens with two attached hydrogens (primary N) is 14. The van der Waals surface area contributed by atoms with Crippen LogP contribution in [-0.4, -0.2) is 0 Å². The molecule has 5 aromatic carbocycles. The summed E-state index contributed by atoms with van der Waals surface area (Å²) in [6.07, 6.45) is 0. The standard InChI is InChI=1S/C22H28N14/c23-9-1-2(12(26)6-5(11(1)25)15(29)19(33)20(34)16(6)30)10(24)4-3(9)13(27)7-8(14(4)28)18(32)22(36)21(35)17(7)31/h23-36H2. The first-order valence-corrected chi connectivity index (χ1v) is 10.5. The highest BCUT2D eigenvalue weighted by Crippen LogP contribution is 2.56. The van der Waals surface area contributed by atoms with E-state index >= 15 is 0 Å². The Bertz CT molecular complexity index is 1610. The molecular formula is C22H28N14. The number of hydrogen-bond donors (Lipinski definition) is 14. The Morgan fingerprint density at radius 1 is 0.139 bits per heavy atom. The van der Waals surface area contributed by atoms with Crippen molar-refractivity contribution >= 4 is 123 Å². The third-order valence-electron chi connectivity index (χ3n) is 7.05. The minimum atomic E-state index is 0.0591. The molecule has 0 aliphatic rings. The molecule has 14 nitrogen and oxygen atoms in total. The molecule has 0 radical (unpaired) electrons. The molecule has 186 valence electrons. The van der Waals surface area contributed by atoms with Crippen molar-refractivity contribution in [3.8, 4) is 0 Å². The molecule has 28 N–H and O–H groups in total. The smallest absolute Gasteiger partial charge is 0.0810 e. The maximum Gasteiger partial charge on any atom is 0.0810 e. The summed E-state index contributed by atoms with van der Waals surface area (Å²) in [6.45, 7) is 0. The molecule has 5 aromatic rings. The zero-order valence-electron chi connectivity index (χ0n) is 19.1. The Morgan fingerprint density at radius 3 is 0.389 bits per heavy atom. The Kier molecular flexibility index (Phi) is 3.98. The van der Waals surface area contributed by atoms with Crippen LogP contribution in [0, 0.1) is 0 Å². The van der Waals surface area contributed by atoms with Gasteiger partial charge >= 0.3 is 0 Å². The van der Waals surface area contributed by atoms with E-state index in [9.17, 15) is 0 Å². The Morgan fingerprint density at radius 2 is 0.250 bits per heavy atom. The fourth-order valence-corrected chi connectivity index (χ4v) is 5.18. The van der Waals surface area contributed by atoms with E-state index in [0.29, 0.717) is 0 Å². The first-order valence-electron chi connectivity index (χ1n) is 10.5. The van der Waals surface area contributed by atoms with Crippen molar-refractivity contribution in [2.24, 2.45) is 0 Å². The van der Waals surface area contributed by atoms with Crippen LogP contribution in [-0.2, 0) is 0 Å². The maximum atomic E-state index is 6.67. The van der Waals surface area contributed by atoms with Gasteiger partial charge in [-0.15, -0.1) is 0 Å². The Balaban J connectivity index is 2.22. The quantitative estimate of drug-likeness (QED) is 0.0798. The summed E-state index contributed by atoms with van der Waals surface area (Å²) in [5.74, 6) is 0. The van der Waals surface area contributed by atoms with Gasteiger partial charge in [-0.2, -0.15) is 0 Å². The lowest BCUT2D eigenvalue weighted by atomic mass is 9.87. The minimum Gasteiger partial charge on any atom is -0.398 e. The van der Waals surface area contributed by atoms with Gasteiger partial charge in [0.15, 0.2) is 0 Å². The van der Waals surface area contributed by atoms with E-state index in [-0.39, 0.29) is 123 Å². The summed E-state index contributed by atoms with van der Waals surface area (Å²) in [6, 6.07) is 0. The highest BCUT2D eigenvalue weighted by atomic mass is 14.8. The molecule has 0 amide bonds. The Labute approximate surface area is 203 Å². The van der Waals surface area contributed by atoms with E-state index in [0.717, 1.165) is 0 Å². The van der Waals surface area contributed by atoms with Crippen molar-refractivity contribution in [1.29, 1.82) is 0 Å². The first-order chi connectivity index (χ1) is 16.7. The third-order valence-corrected chi connectivity index (χ3v) is 7.05. The van der Waals surface area contributed by atoms with Gasteiger partial charge in [0.1, 0.15) is 0 Å². The first kappa shape index (κ1) is 22.1. The fraction of sp³-hybridized carbons (Fsp3) is 0. The van der Waals surface area contributed by atoms with Crippen molar-refractivity contribution in [1.82, 2.24) is 0 Å². The van der Waals surface area contributed by atoms with Gasteiger partial charge in [0.05, 0.1) is 79.6 Å². The molecule has 0 heterocycles. The highest BCUT2D eigenvalue weighted by molar-refractivity contribution is 6.41. The molecule has 0 spiro atoms. The van der Waals surface area contributed by atoms with Gasteiger partial charge in [-0.3, -0.25) is 0 Å².